The smallest absolute Gasteiger partial charge is 0.236 e. The fraction of sp³-hybridized carbons (Fsp3) is 0.455. The van der Waals surface area contributed by atoms with Crippen molar-refractivity contribution in [1.82, 2.24) is 0 Å². The molecule has 0 bridgehead atoms. The third-order valence-electron chi connectivity index (χ3n) is 2.83. The van der Waals surface area contributed by atoms with E-state index in [1.54, 1.807) is 6.07 Å². The standard InChI is InChI=1S/C11H13ClO4S/c1-7-8(2)11-10(15-3-4-16-11)5-9(7)6-17(12,13)14/h5H,3-4,6H2,1-2H3. The van der Waals surface area contributed by atoms with Gasteiger partial charge in [0.15, 0.2) is 11.5 Å². The zero-order chi connectivity index (χ0) is 12.6. The van der Waals surface area contributed by atoms with Crippen molar-refractivity contribution in [2.24, 2.45) is 0 Å². The molecule has 0 amide bonds. The van der Waals surface area contributed by atoms with Crippen LogP contribution >= 0.6 is 10.7 Å². The minimum absolute atomic E-state index is 0.197. The van der Waals surface area contributed by atoms with Crippen LogP contribution in [0.1, 0.15) is 16.7 Å². The van der Waals surface area contributed by atoms with Gasteiger partial charge in [0.2, 0.25) is 9.05 Å². The Morgan fingerprint density at radius 2 is 1.88 bits per heavy atom. The highest BCUT2D eigenvalue weighted by Crippen LogP contribution is 2.37. The van der Waals surface area contributed by atoms with E-state index in [4.69, 9.17) is 20.2 Å². The second-order valence-electron chi connectivity index (χ2n) is 3.99. The van der Waals surface area contributed by atoms with Crippen LogP contribution in [0.5, 0.6) is 11.5 Å². The molecule has 0 unspecified atom stereocenters. The van der Waals surface area contributed by atoms with E-state index in [2.05, 4.69) is 0 Å². The predicted molar refractivity (Wildman–Crippen MR) is 65.4 cm³/mol. The highest BCUT2D eigenvalue weighted by atomic mass is 35.7. The number of rotatable bonds is 2. The lowest BCUT2D eigenvalue weighted by Crippen LogP contribution is -2.17. The normalized spacial score (nSPS) is 14.8. The van der Waals surface area contributed by atoms with Crippen LogP contribution in [-0.2, 0) is 14.8 Å². The van der Waals surface area contributed by atoms with Crippen LogP contribution < -0.4 is 9.47 Å². The molecule has 2 rings (SSSR count). The van der Waals surface area contributed by atoms with Crippen molar-refractivity contribution in [2.75, 3.05) is 13.2 Å². The molecule has 1 aromatic carbocycles. The molecule has 0 spiro atoms. The summed E-state index contributed by atoms with van der Waals surface area (Å²) in [6, 6.07) is 1.69. The number of halogens is 1. The summed E-state index contributed by atoms with van der Waals surface area (Å²) in [6.45, 7) is 4.72. The van der Waals surface area contributed by atoms with Crippen molar-refractivity contribution < 1.29 is 17.9 Å². The van der Waals surface area contributed by atoms with Crippen molar-refractivity contribution in [3.05, 3.63) is 22.8 Å². The van der Waals surface area contributed by atoms with Gasteiger partial charge < -0.3 is 9.47 Å². The molecule has 1 aliphatic heterocycles. The first kappa shape index (κ1) is 12.5. The van der Waals surface area contributed by atoms with Crippen LogP contribution in [-0.4, -0.2) is 21.6 Å². The molecular weight excluding hydrogens is 264 g/mol. The van der Waals surface area contributed by atoms with Crippen molar-refractivity contribution in [3.63, 3.8) is 0 Å². The highest BCUT2D eigenvalue weighted by molar-refractivity contribution is 8.13. The van der Waals surface area contributed by atoms with E-state index in [-0.39, 0.29) is 5.75 Å². The van der Waals surface area contributed by atoms with Gasteiger partial charge in [-0.05, 0) is 36.6 Å². The monoisotopic (exact) mass is 276 g/mol. The third-order valence-corrected chi connectivity index (χ3v) is 3.81. The lowest BCUT2D eigenvalue weighted by Gasteiger charge is -2.22. The molecule has 0 aromatic heterocycles. The molecule has 1 aromatic rings. The maximum absolute atomic E-state index is 11.1. The van der Waals surface area contributed by atoms with Crippen LogP contribution in [0.4, 0.5) is 0 Å². The third kappa shape index (κ3) is 2.66. The molecule has 0 saturated carbocycles. The van der Waals surface area contributed by atoms with Gasteiger partial charge in [0.1, 0.15) is 13.2 Å². The topological polar surface area (TPSA) is 52.6 Å². The van der Waals surface area contributed by atoms with E-state index in [1.165, 1.54) is 0 Å². The molecule has 94 valence electrons. The van der Waals surface area contributed by atoms with Gasteiger partial charge in [-0.25, -0.2) is 8.42 Å². The molecule has 4 nitrogen and oxygen atoms in total. The van der Waals surface area contributed by atoms with Gasteiger partial charge >= 0.3 is 0 Å². The predicted octanol–water partition coefficient (Wildman–Crippen LogP) is 2.14. The first-order chi connectivity index (χ1) is 7.88. The molecule has 0 N–H and O–H groups in total. The fourth-order valence-corrected chi connectivity index (χ4v) is 2.87. The summed E-state index contributed by atoms with van der Waals surface area (Å²) in [6.07, 6.45) is 0. The average molecular weight is 277 g/mol. The summed E-state index contributed by atoms with van der Waals surface area (Å²) in [4.78, 5) is 0. The molecule has 0 aliphatic carbocycles. The Morgan fingerprint density at radius 3 is 2.53 bits per heavy atom. The Morgan fingerprint density at radius 1 is 1.24 bits per heavy atom. The number of hydrogen-bond acceptors (Lipinski definition) is 4. The second kappa shape index (κ2) is 4.38. The van der Waals surface area contributed by atoms with Gasteiger partial charge in [-0.2, -0.15) is 0 Å². The Labute approximate surface area is 105 Å². The van der Waals surface area contributed by atoms with Gasteiger partial charge in [-0.1, -0.05) is 0 Å². The van der Waals surface area contributed by atoms with E-state index in [0.717, 1.165) is 11.1 Å². The fourth-order valence-electron chi connectivity index (χ4n) is 1.85. The van der Waals surface area contributed by atoms with Crippen molar-refractivity contribution in [3.8, 4) is 11.5 Å². The molecule has 0 saturated heterocycles. The molecule has 17 heavy (non-hydrogen) atoms. The summed E-state index contributed by atoms with van der Waals surface area (Å²) >= 11 is 0. The SMILES string of the molecule is Cc1c(CS(=O)(=O)Cl)cc2c(c1C)OCCO2. The Bertz CT molecular complexity index is 551. The zero-order valence-corrected chi connectivity index (χ0v) is 11.2. The van der Waals surface area contributed by atoms with Crippen molar-refractivity contribution in [2.45, 2.75) is 19.6 Å². The molecule has 1 heterocycles. The average Bonchev–Trinajstić information content (AvgIpc) is 2.24. The summed E-state index contributed by atoms with van der Waals surface area (Å²) < 4.78 is 33.2. The van der Waals surface area contributed by atoms with Gasteiger partial charge in [0.05, 0.1) is 5.75 Å². The molecule has 0 atom stereocenters. The van der Waals surface area contributed by atoms with Crippen LogP contribution in [0, 0.1) is 13.8 Å². The lowest BCUT2D eigenvalue weighted by atomic mass is 10.0. The van der Waals surface area contributed by atoms with E-state index < -0.39 is 9.05 Å². The Balaban J connectivity index is 2.51. The molecule has 1 aliphatic rings. The minimum Gasteiger partial charge on any atom is -0.486 e. The lowest BCUT2D eigenvalue weighted by molar-refractivity contribution is 0.170. The summed E-state index contributed by atoms with van der Waals surface area (Å²) in [5.74, 6) is 1.09. The first-order valence-electron chi connectivity index (χ1n) is 5.19. The van der Waals surface area contributed by atoms with Crippen molar-refractivity contribution in [1.29, 1.82) is 0 Å². The van der Waals surface area contributed by atoms with Crippen LogP contribution in [0.3, 0.4) is 0 Å². The van der Waals surface area contributed by atoms with Gasteiger partial charge in [-0.3, -0.25) is 0 Å². The Hall–Kier alpha value is -0.940. The van der Waals surface area contributed by atoms with E-state index in [0.29, 0.717) is 30.3 Å². The molecule has 6 heteroatoms. The molecule has 0 radical (unpaired) electrons. The molecule has 0 fully saturated rings. The molecular formula is C11H13ClO4S. The van der Waals surface area contributed by atoms with E-state index >= 15 is 0 Å². The van der Waals surface area contributed by atoms with Gasteiger partial charge in [0.25, 0.3) is 0 Å². The van der Waals surface area contributed by atoms with Crippen LogP contribution in [0.25, 0.3) is 0 Å². The Kier molecular flexibility index (Phi) is 3.23. The number of hydrogen-bond donors (Lipinski definition) is 0. The zero-order valence-electron chi connectivity index (χ0n) is 9.62. The quantitative estimate of drug-likeness (QED) is 0.777. The number of fused-ring (bicyclic) bond motifs is 1. The van der Waals surface area contributed by atoms with Crippen molar-refractivity contribution >= 4 is 19.7 Å². The highest BCUT2D eigenvalue weighted by Gasteiger charge is 2.20. The summed E-state index contributed by atoms with van der Waals surface area (Å²) in [5, 5.41) is 0. The van der Waals surface area contributed by atoms with Crippen LogP contribution in [0.2, 0.25) is 0 Å². The van der Waals surface area contributed by atoms with E-state index in [9.17, 15) is 8.42 Å². The first-order valence-corrected chi connectivity index (χ1v) is 7.67. The summed E-state index contributed by atoms with van der Waals surface area (Å²) in [5.41, 5.74) is 2.43. The number of benzene rings is 1. The van der Waals surface area contributed by atoms with Crippen LogP contribution in [0.15, 0.2) is 6.07 Å². The maximum Gasteiger partial charge on any atom is 0.236 e. The minimum atomic E-state index is -3.57. The second-order valence-corrected chi connectivity index (χ2v) is 6.77. The number of ether oxygens (including phenoxy) is 2. The maximum atomic E-state index is 11.1. The largest absolute Gasteiger partial charge is 0.486 e. The van der Waals surface area contributed by atoms with Gasteiger partial charge in [0, 0.05) is 10.7 Å². The summed E-state index contributed by atoms with van der Waals surface area (Å²) in [7, 11) is 1.71. The van der Waals surface area contributed by atoms with Gasteiger partial charge in [-0.15, -0.1) is 0 Å². The van der Waals surface area contributed by atoms with E-state index in [1.807, 2.05) is 13.8 Å².